The van der Waals surface area contributed by atoms with Crippen molar-refractivity contribution in [3.63, 3.8) is 0 Å². The van der Waals surface area contributed by atoms with Gasteiger partial charge in [-0.25, -0.2) is 9.59 Å². The third-order valence-corrected chi connectivity index (χ3v) is 0.980. The Hall–Kier alpha value is -1.67. The molecule has 1 unspecified atom stereocenters. The molecule has 0 aromatic rings. The van der Waals surface area contributed by atoms with Gasteiger partial charge in [-0.3, -0.25) is 4.79 Å². The van der Waals surface area contributed by atoms with Crippen molar-refractivity contribution < 1.29 is 39.5 Å². The Labute approximate surface area is 98.4 Å². The summed E-state index contributed by atoms with van der Waals surface area (Å²) >= 11 is 0. The lowest BCUT2D eigenvalue weighted by molar-refractivity contribution is -0.149. The van der Waals surface area contributed by atoms with Crippen LogP contribution in [0.2, 0.25) is 0 Å². The zero-order valence-corrected chi connectivity index (χ0v) is 9.91. The smallest absolute Gasteiger partial charge is 0.334 e. The molecule has 102 valence electrons. The van der Waals surface area contributed by atoms with E-state index < -0.39 is 30.6 Å². The molecule has 0 aromatic carbocycles. The number of hydrogen-bond donors (Lipinski definition) is 4. The van der Waals surface area contributed by atoms with E-state index in [0.717, 1.165) is 0 Å². The molecule has 0 rings (SSSR count). The number of esters is 1. The first-order chi connectivity index (χ1) is 7.72. The number of ether oxygens (including phenoxy) is 1. The van der Waals surface area contributed by atoms with E-state index >= 15 is 0 Å². The van der Waals surface area contributed by atoms with E-state index in [2.05, 4.69) is 4.74 Å². The number of methoxy groups -OCH3 is 1. The molecule has 0 saturated carbocycles. The number of aliphatic carboxylic acids is 2. The van der Waals surface area contributed by atoms with Crippen molar-refractivity contribution >= 4 is 17.9 Å². The summed E-state index contributed by atoms with van der Waals surface area (Å²) in [6, 6.07) is 0. The van der Waals surface area contributed by atoms with Crippen molar-refractivity contribution in [2.45, 2.75) is 26.4 Å². The Morgan fingerprint density at radius 2 is 1.47 bits per heavy atom. The molecule has 0 spiro atoms. The highest BCUT2D eigenvalue weighted by Crippen LogP contribution is 1.80. The van der Waals surface area contributed by atoms with Crippen molar-refractivity contribution in [1.29, 1.82) is 0 Å². The quantitative estimate of drug-likeness (QED) is 0.474. The molecule has 0 amide bonds. The van der Waals surface area contributed by atoms with Gasteiger partial charge < -0.3 is 25.2 Å². The Balaban J connectivity index is -0.000000177. The fourth-order valence-electron chi connectivity index (χ4n) is 0.171. The standard InChI is InChI=1S/C4H8O3.C3H6O2.C2H4O3/c1-3(5)4(6)7-2;1-2-3(4)5;3-1-2(4)5/h3,5H,1-2H3;2H2,1H3,(H,4,5);3H,1H2,(H,4,5). The number of aliphatic hydroxyl groups excluding tert-OH is 2. The molecule has 0 fully saturated rings. The van der Waals surface area contributed by atoms with E-state index in [9.17, 15) is 9.59 Å². The largest absolute Gasteiger partial charge is 0.481 e. The van der Waals surface area contributed by atoms with Crippen molar-refractivity contribution in [2.75, 3.05) is 13.7 Å². The highest BCUT2D eigenvalue weighted by molar-refractivity contribution is 5.73. The van der Waals surface area contributed by atoms with Crippen LogP contribution in [0.15, 0.2) is 0 Å². The summed E-state index contributed by atoms with van der Waals surface area (Å²) < 4.78 is 4.12. The Morgan fingerprint density at radius 1 is 1.18 bits per heavy atom. The number of carbonyl (C=O) groups excluding carboxylic acids is 1. The van der Waals surface area contributed by atoms with Gasteiger partial charge in [0.1, 0.15) is 12.7 Å². The monoisotopic (exact) mass is 254 g/mol. The van der Waals surface area contributed by atoms with Gasteiger partial charge in [0, 0.05) is 6.42 Å². The van der Waals surface area contributed by atoms with Crippen LogP contribution in [0.5, 0.6) is 0 Å². The maximum absolute atomic E-state index is 10.0. The normalized spacial score (nSPS) is 9.71. The van der Waals surface area contributed by atoms with Gasteiger partial charge in [0.2, 0.25) is 0 Å². The van der Waals surface area contributed by atoms with Gasteiger partial charge in [-0.05, 0) is 6.92 Å². The zero-order valence-electron chi connectivity index (χ0n) is 9.91. The second-order valence-electron chi connectivity index (χ2n) is 2.50. The van der Waals surface area contributed by atoms with E-state index in [0.29, 0.717) is 0 Å². The molecule has 0 saturated heterocycles. The minimum absolute atomic E-state index is 0.222. The molecule has 8 heteroatoms. The van der Waals surface area contributed by atoms with Crippen LogP contribution in [0.1, 0.15) is 20.3 Å². The molecule has 1 atom stereocenters. The van der Waals surface area contributed by atoms with Gasteiger partial charge in [0.05, 0.1) is 7.11 Å². The van der Waals surface area contributed by atoms with Crippen LogP contribution in [0, 0.1) is 0 Å². The van der Waals surface area contributed by atoms with Gasteiger partial charge in [0.15, 0.2) is 0 Å². The van der Waals surface area contributed by atoms with Gasteiger partial charge >= 0.3 is 17.9 Å². The molecule has 17 heavy (non-hydrogen) atoms. The molecule has 0 aliphatic heterocycles. The van der Waals surface area contributed by atoms with Gasteiger partial charge in [0.25, 0.3) is 0 Å². The van der Waals surface area contributed by atoms with Crippen LogP contribution in [-0.2, 0) is 19.1 Å². The third-order valence-electron chi connectivity index (χ3n) is 0.980. The van der Waals surface area contributed by atoms with E-state index in [1.54, 1.807) is 6.92 Å². The van der Waals surface area contributed by atoms with E-state index in [-0.39, 0.29) is 6.42 Å². The van der Waals surface area contributed by atoms with Crippen LogP contribution in [0.3, 0.4) is 0 Å². The second-order valence-corrected chi connectivity index (χ2v) is 2.50. The van der Waals surface area contributed by atoms with Crippen LogP contribution in [-0.4, -0.2) is 58.2 Å². The first-order valence-corrected chi connectivity index (χ1v) is 4.53. The van der Waals surface area contributed by atoms with Gasteiger partial charge in [-0.1, -0.05) is 6.92 Å². The summed E-state index contributed by atoms with van der Waals surface area (Å²) in [5.74, 6) is -2.53. The summed E-state index contributed by atoms with van der Waals surface area (Å²) in [6.45, 7) is 2.17. The van der Waals surface area contributed by atoms with Crippen LogP contribution in [0.25, 0.3) is 0 Å². The molecule has 0 bridgehead atoms. The van der Waals surface area contributed by atoms with Crippen LogP contribution < -0.4 is 0 Å². The fraction of sp³-hybridized carbons (Fsp3) is 0.667. The fourth-order valence-corrected chi connectivity index (χ4v) is 0.171. The first-order valence-electron chi connectivity index (χ1n) is 4.53. The van der Waals surface area contributed by atoms with Crippen molar-refractivity contribution in [3.05, 3.63) is 0 Å². The maximum atomic E-state index is 10.0. The minimum Gasteiger partial charge on any atom is -0.481 e. The predicted octanol–water partition coefficient (Wildman–Crippen LogP) is -0.915. The summed E-state index contributed by atoms with van der Waals surface area (Å²) in [4.78, 5) is 28.5. The average Bonchev–Trinajstić information content (AvgIpc) is 2.29. The summed E-state index contributed by atoms with van der Waals surface area (Å²) in [7, 11) is 1.23. The molecule has 0 heterocycles. The third kappa shape index (κ3) is 31.4. The van der Waals surface area contributed by atoms with E-state index in [1.165, 1.54) is 14.0 Å². The number of aliphatic hydroxyl groups is 2. The highest BCUT2D eigenvalue weighted by Gasteiger charge is 2.05. The van der Waals surface area contributed by atoms with Crippen LogP contribution >= 0.6 is 0 Å². The second kappa shape index (κ2) is 14.3. The maximum Gasteiger partial charge on any atom is 0.334 e. The SMILES string of the molecule is CCC(=O)O.COC(=O)C(C)O.O=C(O)CO. The summed E-state index contributed by atoms with van der Waals surface area (Å²) in [5, 5.41) is 31.1. The van der Waals surface area contributed by atoms with Gasteiger partial charge in [-0.2, -0.15) is 0 Å². The Bertz CT molecular complexity index is 209. The zero-order chi connectivity index (χ0) is 14.4. The Morgan fingerprint density at radius 3 is 1.47 bits per heavy atom. The molecular weight excluding hydrogens is 236 g/mol. The lowest BCUT2D eigenvalue weighted by Gasteiger charge is -1.97. The number of hydrogen-bond acceptors (Lipinski definition) is 6. The van der Waals surface area contributed by atoms with Crippen molar-refractivity contribution in [3.8, 4) is 0 Å². The highest BCUT2D eigenvalue weighted by atomic mass is 16.5. The number of carboxylic acids is 2. The van der Waals surface area contributed by atoms with E-state index in [4.69, 9.17) is 25.2 Å². The molecule has 4 N–H and O–H groups in total. The number of rotatable bonds is 3. The lowest BCUT2D eigenvalue weighted by atomic mass is 10.4. The number of carboxylic acid groups (broad SMARTS) is 2. The minimum atomic E-state index is -1.19. The molecule has 0 aliphatic carbocycles. The van der Waals surface area contributed by atoms with Crippen molar-refractivity contribution in [1.82, 2.24) is 0 Å². The first kappa shape index (κ1) is 20.7. The topological polar surface area (TPSA) is 141 Å². The van der Waals surface area contributed by atoms with Crippen molar-refractivity contribution in [2.24, 2.45) is 0 Å². The van der Waals surface area contributed by atoms with Gasteiger partial charge in [-0.15, -0.1) is 0 Å². The van der Waals surface area contributed by atoms with Crippen LogP contribution in [0.4, 0.5) is 0 Å². The summed E-state index contributed by atoms with van der Waals surface area (Å²) in [5.41, 5.74) is 0. The molecule has 0 radical (unpaired) electrons. The molecular formula is C9H18O8. The summed E-state index contributed by atoms with van der Waals surface area (Å²) in [6.07, 6.45) is -0.773. The predicted molar refractivity (Wildman–Crippen MR) is 56.3 cm³/mol. The average molecular weight is 254 g/mol. The molecule has 0 aliphatic rings. The lowest BCUT2D eigenvalue weighted by Crippen LogP contribution is -2.16. The number of carbonyl (C=O) groups is 3. The van der Waals surface area contributed by atoms with E-state index in [1.807, 2.05) is 0 Å². The molecule has 8 nitrogen and oxygen atoms in total. The molecule has 0 aromatic heterocycles. The Kier molecular flexibility index (Phi) is 17.5.